The van der Waals surface area contributed by atoms with Gasteiger partial charge in [0, 0.05) is 10.8 Å². The Balaban J connectivity index is 2.31. The van der Waals surface area contributed by atoms with Crippen LogP contribution in [0.4, 0.5) is 0 Å². The van der Waals surface area contributed by atoms with Crippen molar-refractivity contribution in [3.63, 3.8) is 0 Å². The molecule has 0 amide bonds. The van der Waals surface area contributed by atoms with E-state index in [0.717, 1.165) is 12.8 Å². The maximum atomic E-state index is 14.3. The minimum Gasteiger partial charge on any atom is -0.475 e. The first kappa shape index (κ1) is 26.1. The van der Waals surface area contributed by atoms with Crippen LogP contribution in [0.15, 0.2) is 21.8 Å². The lowest BCUT2D eigenvalue weighted by Crippen LogP contribution is -2.68. The lowest BCUT2D eigenvalue weighted by atomic mass is 9.63. The van der Waals surface area contributed by atoms with Crippen LogP contribution in [0.2, 0.25) is 18.1 Å². The normalized spacial score (nSPS) is 26.8. The van der Waals surface area contributed by atoms with Crippen molar-refractivity contribution in [1.82, 2.24) is 10.1 Å². The van der Waals surface area contributed by atoms with Crippen LogP contribution >= 0.6 is 0 Å². The number of hydrogen-bond donors (Lipinski definition) is 0. The van der Waals surface area contributed by atoms with Crippen molar-refractivity contribution in [2.75, 3.05) is 20.7 Å². The molecule has 2 aliphatic carbocycles. The van der Waals surface area contributed by atoms with Gasteiger partial charge in [-0.15, -0.1) is 0 Å². The Bertz CT molecular complexity index is 1040. The molecule has 0 fully saturated rings. The molecule has 0 N–H and O–H groups in total. The smallest absolute Gasteiger partial charge is 0.265 e. The zero-order valence-electron chi connectivity index (χ0n) is 21.3. The third-order valence-corrected chi connectivity index (χ3v) is 11.7. The van der Waals surface area contributed by atoms with Crippen LogP contribution < -0.4 is 4.74 Å². The standard InChI is InChI=1S/C23H35N5O5Si/c1-9-10-13-31-21-16-19(32-26-21)18(28(5)6)17-14(25-27-24)11-12-15(29)23(17,20(16)30)33-34(7,8)22(2,3)4/h11-12,14,17-18H,9-10,13H2,1-8H3/t14-,17-,18-,23+/m0/s1. The zero-order valence-corrected chi connectivity index (χ0v) is 22.3. The zero-order chi connectivity index (χ0) is 25.5. The number of nitrogens with zero attached hydrogens (tertiary/aromatic N) is 5. The van der Waals surface area contributed by atoms with E-state index in [1.165, 1.54) is 6.08 Å². The topological polar surface area (TPSA) is 131 Å². The van der Waals surface area contributed by atoms with Crippen LogP contribution in [-0.4, -0.2) is 62.3 Å². The summed E-state index contributed by atoms with van der Waals surface area (Å²) in [7, 11) is 0.953. The lowest BCUT2D eigenvalue weighted by molar-refractivity contribution is -0.136. The fourth-order valence-corrected chi connectivity index (χ4v) is 5.85. The molecule has 34 heavy (non-hydrogen) atoms. The van der Waals surface area contributed by atoms with E-state index in [1.807, 2.05) is 59.8 Å². The molecule has 2 aliphatic rings. The van der Waals surface area contributed by atoms with E-state index in [9.17, 15) is 15.1 Å². The predicted octanol–water partition coefficient (Wildman–Crippen LogP) is 4.85. The van der Waals surface area contributed by atoms with E-state index in [0.29, 0.717) is 12.4 Å². The summed E-state index contributed by atoms with van der Waals surface area (Å²) in [6.45, 7) is 12.5. The van der Waals surface area contributed by atoms with E-state index in [-0.39, 0.29) is 16.5 Å². The maximum absolute atomic E-state index is 14.3. The molecule has 0 aromatic carbocycles. The van der Waals surface area contributed by atoms with Gasteiger partial charge in [-0.3, -0.25) is 14.5 Å². The van der Waals surface area contributed by atoms with Crippen molar-refractivity contribution in [3.05, 3.63) is 33.9 Å². The molecular formula is C23H35N5O5Si. The van der Waals surface area contributed by atoms with Crippen LogP contribution in [0.5, 0.6) is 5.88 Å². The van der Waals surface area contributed by atoms with Gasteiger partial charge in [0.05, 0.1) is 18.7 Å². The number of carbonyl (C=O) groups is 2. The van der Waals surface area contributed by atoms with E-state index < -0.39 is 43.5 Å². The first-order chi connectivity index (χ1) is 15.8. The number of azide groups is 1. The summed E-state index contributed by atoms with van der Waals surface area (Å²) in [6, 6.07) is -1.41. The average molecular weight is 490 g/mol. The van der Waals surface area contributed by atoms with Crippen LogP contribution in [-0.2, 0) is 9.22 Å². The number of aromatic nitrogens is 1. The molecule has 0 spiro atoms. The molecule has 0 saturated carbocycles. The largest absolute Gasteiger partial charge is 0.475 e. The van der Waals surface area contributed by atoms with Gasteiger partial charge < -0.3 is 13.7 Å². The van der Waals surface area contributed by atoms with E-state index >= 15 is 0 Å². The van der Waals surface area contributed by atoms with Gasteiger partial charge in [0.15, 0.2) is 25.5 Å². The maximum Gasteiger partial charge on any atom is 0.265 e. The Morgan fingerprint density at radius 2 is 2.00 bits per heavy atom. The monoisotopic (exact) mass is 489 g/mol. The highest BCUT2D eigenvalue weighted by molar-refractivity contribution is 6.74. The number of hydrogen-bond acceptors (Lipinski definition) is 8. The number of unbranched alkanes of at least 4 members (excludes halogenated alkanes) is 1. The molecule has 10 nitrogen and oxygen atoms in total. The SMILES string of the molecule is CCCCOc1noc2c1C(=O)[C@@]1(O[Si](C)(C)C(C)(C)C)C(=O)C=C[C@H](N=[N+]=[N-])[C@H]1[C@@H]2N(C)C. The Kier molecular flexibility index (Phi) is 7.15. The van der Waals surface area contributed by atoms with Gasteiger partial charge in [-0.05, 0) is 55.4 Å². The molecule has 3 rings (SSSR count). The molecule has 1 aromatic rings. The second-order valence-electron chi connectivity index (χ2n) is 10.7. The van der Waals surface area contributed by atoms with E-state index in [2.05, 4.69) is 15.2 Å². The Labute approximate surface area is 201 Å². The molecule has 0 saturated heterocycles. The summed E-state index contributed by atoms with van der Waals surface area (Å²) < 4.78 is 18.3. The van der Waals surface area contributed by atoms with Crippen LogP contribution in [0.3, 0.4) is 0 Å². The highest BCUT2D eigenvalue weighted by atomic mass is 28.4. The minimum absolute atomic E-state index is 0.0691. The van der Waals surface area contributed by atoms with Gasteiger partial charge >= 0.3 is 0 Å². The van der Waals surface area contributed by atoms with Gasteiger partial charge in [0.1, 0.15) is 5.56 Å². The van der Waals surface area contributed by atoms with Gasteiger partial charge in [-0.2, -0.15) is 0 Å². The van der Waals surface area contributed by atoms with Crippen LogP contribution in [0, 0.1) is 5.92 Å². The molecule has 1 heterocycles. The third kappa shape index (κ3) is 4.11. The summed E-state index contributed by atoms with van der Waals surface area (Å²) >= 11 is 0. The second kappa shape index (κ2) is 9.29. The highest BCUT2D eigenvalue weighted by Gasteiger charge is 2.67. The summed E-state index contributed by atoms with van der Waals surface area (Å²) in [6.07, 6.45) is 4.54. The molecule has 1 aromatic heterocycles. The Morgan fingerprint density at radius 3 is 2.56 bits per heavy atom. The van der Waals surface area contributed by atoms with Gasteiger partial charge in [-0.25, -0.2) is 0 Å². The van der Waals surface area contributed by atoms with Gasteiger partial charge in [0.25, 0.3) is 5.88 Å². The molecular weight excluding hydrogens is 454 g/mol. The molecule has 4 atom stereocenters. The summed E-state index contributed by atoms with van der Waals surface area (Å²) in [4.78, 5) is 32.9. The van der Waals surface area contributed by atoms with Crippen LogP contribution in [0.25, 0.3) is 10.4 Å². The van der Waals surface area contributed by atoms with E-state index in [1.54, 1.807) is 6.08 Å². The molecule has 186 valence electrons. The quantitative estimate of drug-likeness (QED) is 0.127. The number of ketones is 2. The minimum atomic E-state index is -2.68. The average Bonchev–Trinajstić information content (AvgIpc) is 3.14. The fraction of sp³-hybridized carbons (Fsp3) is 0.696. The lowest BCUT2D eigenvalue weighted by Gasteiger charge is -2.53. The van der Waals surface area contributed by atoms with Crippen molar-refractivity contribution in [1.29, 1.82) is 0 Å². The van der Waals surface area contributed by atoms with Crippen molar-refractivity contribution < 1.29 is 23.3 Å². The number of fused-ring (bicyclic) bond motifs is 2. The van der Waals surface area contributed by atoms with Crippen LogP contribution in [0.1, 0.15) is 62.7 Å². The highest BCUT2D eigenvalue weighted by Crippen LogP contribution is 2.54. The summed E-state index contributed by atoms with van der Waals surface area (Å²) in [5.41, 5.74) is 7.53. The Morgan fingerprint density at radius 1 is 1.32 bits per heavy atom. The first-order valence-electron chi connectivity index (χ1n) is 11.6. The number of Topliss-reactive ketones (excluding diaryl/α,β-unsaturated/α-hetero) is 1. The molecule has 11 heteroatoms. The molecule has 0 aliphatic heterocycles. The molecule has 0 unspecified atom stereocenters. The fourth-order valence-electron chi connectivity index (χ4n) is 4.41. The van der Waals surface area contributed by atoms with Crippen molar-refractivity contribution in [2.24, 2.45) is 11.0 Å². The van der Waals surface area contributed by atoms with Gasteiger partial charge in [0.2, 0.25) is 5.78 Å². The summed E-state index contributed by atoms with van der Waals surface area (Å²) in [5.74, 6) is -1.48. The van der Waals surface area contributed by atoms with Gasteiger partial charge in [-0.1, -0.05) is 45.3 Å². The number of ether oxygens (including phenoxy) is 1. The molecule has 0 bridgehead atoms. The van der Waals surface area contributed by atoms with Crippen molar-refractivity contribution >= 4 is 19.9 Å². The van der Waals surface area contributed by atoms with E-state index in [4.69, 9.17) is 13.7 Å². The predicted molar refractivity (Wildman–Crippen MR) is 129 cm³/mol. The second-order valence-corrected chi connectivity index (χ2v) is 15.4. The molecule has 0 radical (unpaired) electrons. The van der Waals surface area contributed by atoms with Crippen molar-refractivity contribution in [3.8, 4) is 5.88 Å². The number of rotatable bonds is 8. The number of carbonyl (C=O) groups excluding carboxylic acids is 2. The first-order valence-corrected chi connectivity index (χ1v) is 14.5. The third-order valence-electron chi connectivity index (χ3n) is 7.21. The summed E-state index contributed by atoms with van der Waals surface area (Å²) in [5, 5.41) is 7.72. The van der Waals surface area contributed by atoms with Crippen molar-refractivity contribution in [2.45, 2.75) is 76.4 Å². The Hall–Kier alpha value is -2.46.